The molecule has 0 heterocycles. The standard InChI is InChI=1S/C10H10ClNO3/c11-7-2-1-6(4-12)8(3-7)10(15)9(14)5-13/h1-3,9-10,13-15H,5H2. The minimum absolute atomic E-state index is 0.214. The summed E-state index contributed by atoms with van der Waals surface area (Å²) in [5.41, 5.74) is 0.436. The van der Waals surface area contributed by atoms with Gasteiger partial charge in [0, 0.05) is 10.6 Å². The SMILES string of the molecule is N#Cc1ccc(Cl)cc1C(O)C(O)CO. The molecule has 1 aromatic carbocycles. The van der Waals surface area contributed by atoms with Gasteiger partial charge in [0.2, 0.25) is 0 Å². The van der Waals surface area contributed by atoms with Gasteiger partial charge in [-0.15, -0.1) is 0 Å². The molecule has 0 aliphatic rings. The highest BCUT2D eigenvalue weighted by Crippen LogP contribution is 2.24. The van der Waals surface area contributed by atoms with Crippen LogP contribution in [0.3, 0.4) is 0 Å². The van der Waals surface area contributed by atoms with Crippen molar-refractivity contribution in [2.45, 2.75) is 12.2 Å². The van der Waals surface area contributed by atoms with Crippen LogP contribution in [0.25, 0.3) is 0 Å². The molecule has 2 unspecified atom stereocenters. The monoisotopic (exact) mass is 227 g/mol. The van der Waals surface area contributed by atoms with E-state index >= 15 is 0 Å². The van der Waals surface area contributed by atoms with Gasteiger partial charge in [-0.3, -0.25) is 0 Å². The van der Waals surface area contributed by atoms with Gasteiger partial charge in [-0.25, -0.2) is 0 Å². The van der Waals surface area contributed by atoms with Crippen LogP contribution in [0, 0.1) is 11.3 Å². The fraction of sp³-hybridized carbons (Fsp3) is 0.300. The lowest BCUT2D eigenvalue weighted by Gasteiger charge is -2.17. The maximum absolute atomic E-state index is 9.61. The van der Waals surface area contributed by atoms with Gasteiger partial charge in [0.25, 0.3) is 0 Å². The van der Waals surface area contributed by atoms with E-state index in [1.807, 2.05) is 6.07 Å². The van der Waals surface area contributed by atoms with Crippen LogP contribution in [0.1, 0.15) is 17.2 Å². The van der Waals surface area contributed by atoms with E-state index in [1.165, 1.54) is 18.2 Å². The summed E-state index contributed by atoms with van der Waals surface area (Å²) in [6, 6.07) is 6.23. The Morgan fingerprint density at radius 3 is 2.60 bits per heavy atom. The Morgan fingerprint density at radius 2 is 2.07 bits per heavy atom. The minimum Gasteiger partial charge on any atom is -0.394 e. The third-order valence-electron chi connectivity index (χ3n) is 2.00. The summed E-state index contributed by atoms with van der Waals surface area (Å²) in [6.07, 6.45) is -2.64. The lowest BCUT2D eigenvalue weighted by Crippen LogP contribution is -2.22. The highest BCUT2D eigenvalue weighted by Gasteiger charge is 2.20. The third-order valence-corrected chi connectivity index (χ3v) is 2.24. The van der Waals surface area contributed by atoms with Crippen LogP contribution in [0.2, 0.25) is 5.02 Å². The molecule has 15 heavy (non-hydrogen) atoms. The molecule has 0 saturated carbocycles. The Kier molecular flexibility index (Phi) is 4.06. The smallest absolute Gasteiger partial charge is 0.108 e. The first-order valence-electron chi connectivity index (χ1n) is 4.26. The number of benzene rings is 1. The number of nitriles is 1. The molecule has 0 spiro atoms. The molecule has 1 aromatic rings. The Balaban J connectivity index is 3.12. The van der Waals surface area contributed by atoms with Crippen LogP contribution in [0.15, 0.2) is 18.2 Å². The molecule has 0 aromatic heterocycles. The molecular formula is C10H10ClNO3. The number of hydrogen-bond donors (Lipinski definition) is 3. The van der Waals surface area contributed by atoms with Crippen molar-refractivity contribution in [2.24, 2.45) is 0 Å². The zero-order chi connectivity index (χ0) is 11.4. The molecule has 0 saturated heterocycles. The number of nitrogens with zero attached hydrogens (tertiary/aromatic N) is 1. The van der Waals surface area contributed by atoms with Crippen LogP contribution in [-0.2, 0) is 0 Å². The van der Waals surface area contributed by atoms with Crippen molar-refractivity contribution in [1.29, 1.82) is 5.26 Å². The number of hydrogen-bond acceptors (Lipinski definition) is 4. The quantitative estimate of drug-likeness (QED) is 0.706. The second-order valence-electron chi connectivity index (χ2n) is 3.04. The first-order valence-corrected chi connectivity index (χ1v) is 4.64. The van der Waals surface area contributed by atoms with Crippen molar-refractivity contribution >= 4 is 11.6 Å². The Bertz CT molecular complexity index is 389. The first kappa shape index (κ1) is 12.0. The van der Waals surface area contributed by atoms with Crippen LogP contribution in [0.5, 0.6) is 0 Å². The van der Waals surface area contributed by atoms with Crippen LogP contribution < -0.4 is 0 Å². The van der Waals surface area contributed by atoms with E-state index in [0.717, 1.165) is 0 Å². The molecule has 0 radical (unpaired) electrons. The van der Waals surface area contributed by atoms with Gasteiger partial charge < -0.3 is 15.3 Å². The van der Waals surface area contributed by atoms with E-state index in [2.05, 4.69) is 0 Å². The van der Waals surface area contributed by atoms with Gasteiger partial charge in [-0.1, -0.05) is 11.6 Å². The summed E-state index contributed by atoms with van der Waals surface area (Å²) in [7, 11) is 0. The van der Waals surface area contributed by atoms with E-state index in [1.54, 1.807) is 0 Å². The van der Waals surface area contributed by atoms with Crippen molar-refractivity contribution in [2.75, 3.05) is 6.61 Å². The zero-order valence-corrected chi connectivity index (χ0v) is 8.52. The molecule has 1 rings (SSSR count). The van der Waals surface area contributed by atoms with Gasteiger partial charge in [0.1, 0.15) is 12.2 Å². The summed E-state index contributed by atoms with van der Waals surface area (Å²) in [6.45, 7) is -0.585. The van der Waals surface area contributed by atoms with E-state index < -0.39 is 18.8 Å². The second-order valence-corrected chi connectivity index (χ2v) is 3.47. The zero-order valence-electron chi connectivity index (χ0n) is 7.76. The summed E-state index contributed by atoms with van der Waals surface area (Å²) < 4.78 is 0. The average Bonchev–Trinajstić information content (AvgIpc) is 2.27. The topological polar surface area (TPSA) is 84.5 Å². The van der Waals surface area contributed by atoms with Crippen molar-refractivity contribution in [3.63, 3.8) is 0 Å². The third kappa shape index (κ3) is 2.67. The molecule has 0 amide bonds. The van der Waals surface area contributed by atoms with Gasteiger partial charge in [-0.05, 0) is 18.2 Å². The fourth-order valence-corrected chi connectivity index (χ4v) is 1.37. The number of aliphatic hydroxyl groups is 3. The molecule has 5 heteroatoms. The minimum atomic E-state index is -1.32. The van der Waals surface area contributed by atoms with Crippen LogP contribution in [-0.4, -0.2) is 28.0 Å². The molecular weight excluding hydrogens is 218 g/mol. The van der Waals surface area contributed by atoms with Crippen molar-refractivity contribution in [1.82, 2.24) is 0 Å². The van der Waals surface area contributed by atoms with Gasteiger partial charge in [0.15, 0.2) is 0 Å². The molecule has 4 nitrogen and oxygen atoms in total. The van der Waals surface area contributed by atoms with Gasteiger partial charge >= 0.3 is 0 Å². The second kappa shape index (κ2) is 5.10. The number of halogens is 1. The summed E-state index contributed by atoms with van der Waals surface area (Å²) in [5, 5.41) is 36.6. The number of rotatable bonds is 3. The maximum atomic E-state index is 9.61. The normalized spacial score (nSPS) is 14.3. The summed E-state index contributed by atoms with van der Waals surface area (Å²) >= 11 is 5.70. The van der Waals surface area contributed by atoms with Crippen molar-refractivity contribution < 1.29 is 15.3 Å². The predicted octanol–water partition coefficient (Wildman–Crippen LogP) is 0.598. The average molecular weight is 228 g/mol. The van der Waals surface area contributed by atoms with Crippen molar-refractivity contribution in [3.05, 3.63) is 34.3 Å². The molecule has 0 aliphatic carbocycles. The first-order chi connectivity index (χ1) is 7.10. The molecule has 2 atom stereocenters. The van der Waals surface area contributed by atoms with Gasteiger partial charge in [0.05, 0.1) is 18.2 Å². The van der Waals surface area contributed by atoms with E-state index in [0.29, 0.717) is 5.02 Å². The summed E-state index contributed by atoms with van der Waals surface area (Å²) in [4.78, 5) is 0. The van der Waals surface area contributed by atoms with E-state index in [9.17, 15) is 10.2 Å². The van der Waals surface area contributed by atoms with Crippen LogP contribution in [0.4, 0.5) is 0 Å². The van der Waals surface area contributed by atoms with Gasteiger partial charge in [-0.2, -0.15) is 5.26 Å². The molecule has 0 fully saturated rings. The Morgan fingerprint density at radius 1 is 1.40 bits per heavy atom. The lowest BCUT2D eigenvalue weighted by molar-refractivity contribution is -0.0153. The predicted molar refractivity (Wildman–Crippen MR) is 54.2 cm³/mol. The molecule has 3 N–H and O–H groups in total. The lowest BCUT2D eigenvalue weighted by atomic mass is 10.00. The largest absolute Gasteiger partial charge is 0.394 e. The maximum Gasteiger partial charge on any atom is 0.108 e. The Hall–Kier alpha value is -1.12. The highest BCUT2D eigenvalue weighted by molar-refractivity contribution is 6.30. The molecule has 80 valence electrons. The van der Waals surface area contributed by atoms with E-state index in [-0.39, 0.29) is 11.1 Å². The van der Waals surface area contributed by atoms with Crippen LogP contribution >= 0.6 is 11.6 Å². The van der Waals surface area contributed by atoms with E-state index in [4.69, 9.17) is 22.0 Å². The molecule has 0 aliphatic heterocycles. The Labute approximate surface area is 92.0 Å². The van der Waals surface area contributed by atoms with Crippen molar-refractivity contribution in [3.8, 4) is 6.07 Å². The summed E-state index contributed by atoms with van der Waals surface area (Å²) in [5.74, 6) is 0. The molecule has 0 bridgehead atoms. The fourth-order valence-electron chi connectivity index (χ4n) is 1.19. The number of aliphatic hydroxyl groups excluding tert-OH is 3. The highest BCUT2D eigenvalue weighted by atomic mass is 35.5.